The van der Waals surface area contributed by atoms with E-state index < -0.39 is 5.91 Å². The maximum Gasteiger partial charge on any atom is 0.267 e. The third-order valence-corrected chi connectivity index (χ3v) is 3.79. The second kappa shape index (κ2) is 4.22. The van der Waals surface area contributed by atoms with Gasteiger partial charge < -0.3 is 21.5 Å². The first-order valence-electron chi connectivity index (χ1n) is 6.06. The molecule has 6 nitrogen and oxygen atoms in total. The number of carbonyl (C=O) groups excluding carboxylic acids is 1. The van der Waals surface area contributed by atoms with Crippen LogP contribution in [-0.2, 0) is 4.74 Å². The number of primary amides is 1. The number of carbonyl (C=O) groups is 1. The van der Waals surface area contributed by atoms with E-state index in [1.54, 1.807) is 18.3 Å². The molecule has 1 amide bonds. The Morgan fingerprint density at radius 2 is 2.39 bits per heavy atom. The Morgan fingerprint density at radius 1 is 1.56 bits per heavy atom. The Morgan fingerprint density at radius 3 is 3.17 bits per heavy atom. The normalized spacial score (nSPS) is 33.6. The Kier molecular flexibility index (Phi) is 2.68. The first kappa shape index (κ1) is 11.4. The van der Waals surface area contributed by atoms with Crippen LogP contribution in [0.15, 0.2) is 18.3 Å². The fraction of sp³-hybridized carbons (Fsp3) is 0.500. The number of pyridine rings is 1. The summed E-state index contributed by atoms with van der Waals surface area (Å²) in [6, 6.07) is 3.63. The Labute approximate surface area is 105 Å². The molecule has 0 aromatic carbocycles. The van der Waals surface area contributed by atoms with Gasteiger partial charge >= 0.3 is 0 Å². The highest BCUT2D eigenvalue weighted by Gasteiger charge is 2.52. The van der Waals surface area contributed by atoms with Gasteiger partial charge in [-0.2, -0.15) is 0 Å². The first-order valence-corrected chi connectivity index (χ1v) is 6.06. The lowest BCUT2D eigenvalue weighted by Gasteiger charge is -2.46. The van der Waals surface area contributed by atoms with Crippen LogP contribution in [0, 0.1) is 5.92 Å². The van der Waals surface area contributed by atoms with Gasteiger partial charge in [-0.15, -0.1) is 0 Å². The number of nitrogens with zero attached hydrogens (tertiary/aromatic N) is 1. The molecule has 1 aromatic rings. The van der Waals surface area contributed by atoms with Gasteiger partial charge in [-0.3, -0.25) is 9.78 Å². The Bertz CT molecular complexity index is 479. The second-order valence-electron chi connectivity index (χ2n) is 4.83. The second-order valence-corrected chi connectivity index (χ2v) is 4.83. The standard InChI is InChI=1S/C12H16N4O2/c13-9-7-2-4-18-11(7)10(9)16-6-1-3-15-8(5-6)12(14)17/h1,3,5,7,9-11H,2,4,13H2,(H2,14,17)(H,15,16). The number of aromatic nitrogens is 1. The molecule has 18 heavy (non-hydrogen) atoms. The van der Waals surface area contributed by atoms with E-state index in [-0.39, 0.29) is 23.9 Å². The lowest BCUT2D eigenvalue weighted by molar-refractivity contribution is 0.00537. The van der Waals surface area contributed by atoms with Crippen molar-refractivity contribution in [2.24, 2.45) is 17.4 Å². The molecule has 1 aromatic heterocycles. The molecule has 5 N–H and O–H groups in total. The number of nitrogens with one attached hydrogen (secondary N) is 1. The van der Waals surface area contributed by atoms with Crippen LogP contribution in [0.2, 0.25) is 0 Å². The van der Waals surface area contributed by atoms with Crippen molar-refractivity contribution in [2.45, 2.75) is 24.6 Å². The van der Waals surface area contributed by atoms with Crippen molar-refractivity contribution in [2.75, 3.05) is 11.9 Å². The predicted molar refractivity (Wildman–Crippen MR) is 66.0 cm³/mol. The van der Waals surface area contributed by atoms with E-state index in [1.807, 2.05) is 0 Å². The number of hydrogen-bond acceptors (Lipinski definition) is 5. The van der Waals surface area contributed by atoms with E-state index in [0.29, 0.717) is 5.92 Å². The van der Waals surface area contributed by atoms with Gasteiger partial charge in [-0.05, 0) is 18.6 Å². The van der Waals surface area contributed by atoms with Crippen molar-refractivity contribution < 1.29 is 9.53 Å². The molecule has 96 valence electrons. The molecule has 0 radical (unpaired) electrons. The van der Waals surface area contributed by atoms with Crippen LogP contribution < -0.4 is 16.8 Å². The van der Waals surface area contributed by atoms with Crippen LogP contribution in [0.4, 0.5) is 5.69 Å². The number of amides is 1. The van der Waals surface area contributed by atoms with Crippen molar-refractivity contribution in [3.63, 3.8) is 0 Å². The van der Waals surface area contributed by atoms with Gasteiger partial charge in [0.2, 0.25) is 0 Å². The van der Waals surface area contributed by atoms with Crippen LogP contribution in [-0.4, -0.2) is 35.7 Å². The molecule has 4 atom stereocenters. The Hall–Kier alpha value is -1.66. The summed E-state index contributed by atoms with van der Waals surface area (Å²) in [6.45, 7) is 0.782. The fourth-order valence-electron chi connectivity index (χ4n) is 2.78. The lowest BCUT2D eigenvalue weighted by Crippen LogP contribution is -2.65. The molecule has 2 fully saturated rings. The largest absolute Gasteiger partial charge is 0.378 e. The minimum absolute atomic E-state index is 0.0978. The third-order valence-electron chi connectivity index (χ3n) is 3.79. The summed E-state index contributed by atoms with van der Waals surface area (Å²) in [5.74, 6) is -0.0773. The van der Waals surface area contributed by atoms with Gasteiger partial charge in [-0.25, -0.2) is 0 Å². The van der Waals surface area contributed by atoms with Gasteiger partial charge in [0.1, 0.15) is 5.69 Å². The highest BCUT2D eigenvalue weighted by atomic mass is 16.5. The summed E-state index contributed by atoms with van der Waals surface area (Å²) in [7, 11) is 0. The molecular formula is C12H16N4O2. The molecule has 6 heteroatoms. The number of nitrogens with two attached hydrogens (primary N) is 2. The average molecular weight is 248 g/mol. The zero-order chi connectivity index (χ0) is 12.7. The summed E-state index contributed by atoms with van der Waals surface area (Å²) < 4.78 is 5.64. The smallest absolute Gasteiger partial charge is 0.267 e. The van der Waals surface area contributed by atoms with Crippen molar-refractivity contribution in [3.05, 3.63) is 24.0 Å². The average Bonchev–Trinajstić information content (AvgIpc) is 2.81. The van der Waals surface area contributed by atoms with Crippen LogP contribution in [0.5, 0.6) is 0 Å². The number of ether oxygens (including phenoxy) is 1. The van der Waals surface area contributed by atoms with Gasteiger partial charge in [0.25, 0.3) is 5.91 Å². The van der Waals surface area contributed by atoms with E-state index in [1.165, 1.54) is 0 Å². The number of hydrogen-bond donors (Lipinski definition) is 3. The van der Waals surface area contributed by atoms with Gasteiger partial charge in [0.05, 0.1) is 12.1 Å². The van der Waals surface area contributed by atoms with Crippen molar-refractivity contribution in [1.29, 1.82) is 0 Å². The van der Waals surface area contributed by atoms with Crippen LogP contribution in [0.25, 0.3) is 0 Å². The number of fused-ring (bicyclic) bond motifs is 1. The molecular weight excluding hydrogens is 232 g/mol. The summed E-state index contributed by atoms with van der Waals surface area (Å²) in [6.07, 6.45) is 2.78. The number of rotatable bonds is 3. The molecule has 3 rings (SSSR count). The van der Waals surface area contributed by atoms with E-state index in [9.17, 15) is 4.79 Å². The summed E-state index contributed by atoms with van der Waals surface area (Å²) in [5, 5.41) is 3.30. The fourth-order valence-corrected chi connectivity index (χ4v) is 2.78. The zero-order valence-electron chi connectivity index (χ0n) is 9.87. The highest BCUT2D eigenvalue weighted by molar-refractivity contribution is 5.91. The van der Waals surface area contributed by atoms with Crippen molar-refractivity contribution >= 4 is 11.6 Å². The molecule has 1 saturated carbocycles. The minimum atomic E-state index is -0.536. The van der Waals surface area contributed by atoms with Crippen LogP contribution in [0.1, 0.15) is 16.9 Å². The number of anilines is 1. The highest BCUT2D eigenvalue weighted by Crippen LogP contribution is 2.39. The summed E-state index contributed by atoms with van der Waals surface area (Å²) in [5.41, 5.74) is 12.3. The predicted octanol–water partition coefficient (Wildman–Crippen LogP) is -0.293. The van der Waals surface area contributed by atoms with Gasteiger partial charge in [0.15, 0.2) is 0 Å². The maximum absolute atomic E-state index is 11.1. The molecule has 1 saturated heterocycles. The molecule has 0 bridgehead atoms. The summed E-state index contributed by atoms with van der Waals surface area (Å²) in [4.78, 5) is 15.0. The third kappa shape index (κ3) is 1.74. The molecule has 2 heterocycles. The molecule has 4 unspecified atom stereocenters. The molecule has 1 aliphatic heterocycles. The van der Waals surface area contributed by atoms with E-state index in [0.717, 1.165) is 18.7 Å². The summed E-state index contributed by atoms with van der Waals surface area (Å²) >= 11 is 0. The SMILES string of the molecule is NC(=O)c1cc(NC2C(N)C3CCOC32)ccn1. The van der Waals surface area contributed by atoms with E-state index in [2.05, 4.69) is 10.3 Å². The van der Waals surface area contributed by atoms with Crippen LogP contribution >= 0.6 is 0 Å². The lowest BCUT2D eigenvalue weighted by atomic mass is 9.72. The van der Waals surface area contributed by atoms with Gasteiger partial charge in [0, 0.05) is 30.5 Å². The van der Waals surface area contributed by atoms with Crippen molar-refractivity contribution in [3.8, 4) is 0 Å². The van der Waals surface area contributed by atoms with Crippen LogP contribution in [0.3, 0.4) is 0 Å². The molecule has 1 aliphatic carbocycles. The zero-order valence-corrected chi connectivity index (χ0v) is 9.87. The minimum Gasteiger partial charge on any atom is -0.378 e. The van der Waals surface area contributed by atoms with E-state index in [4.69, 9.17) is 16.2 Å². The van der Waals surface area contributed by atoms with Crippen molar-refractivity contribution in [1.82, 2.24) is 4.98 Å². The monoisotopic (exact) mass is 248 g/mol. The quantitative estimate of drug-likeness (QED) is 0.682. The maximum atomic E-state index is 11.1. The van der Waals surface area contributed by atoms with E-state index >= 15 is 0 Å². The molecule has 0 spiro atoms. The first-order chi connectivity index (χ1) is 8.66. The topological polar surface area (TPSA) is 103 Å². The molecule has 2 aliphatic rings. The van der Waals surface area contributed by atoms with Gasteiger partial charge in [-0.1, -0.05) is 0 Å². The Balaban J connectivity index is 1.73.